The number of carbonyl (C=O) groups excluding carboxylic acids is 2. The normalized spacial score (nSPS) is 19.8. The number of nitrogens with one attached hydrogen (secondary N) is 1. The second kappa shape index (κ2) is 12.8. The highest BCUT2D eigenvalue weighted by atomic mass is 31.2. The van der Waals surface area contributed by atoms with Crippen LogP contribution >= 0.6 is 7.60 Å². The van der Waals surface area contributed by atoms with Crippen LogP contribution in [0.3, 0.4) is 0 Å². The van der Waals surface area contributed by atoms with Gasteiger partial charge in [0.05, 0.1) is 11.6 Å². The van der Waals surface area contributed by atoms with E-state index in [9.17, 15) is 24.1 Å². The predicted octanol–water partition coefficient (Wildman–Crippen LogP) is 6.42. The largest absolute Gasteiger partial charge is 0.480 e. The molecule has 0 aromatic heterocycles. The Morgan fingerprint density at radius 3 is 2.02 bits per heavy atom. The van der Waals surface area contributed by atoms with Gasteiger partial charge in [0.2, 0.25) is 11.8 Å². The van der Waals surface area contributed by atoms with Crippen molar-refractivity contribution in [1.29, 1.82) is 0 Å². The van der Waals surface area contributed by atoms with Crippen molar-refractivity contribution in [3.05, 3.63) is 88.5 Å². The lowest BCUT2D eigenvalue weighted by Gasteiger charge is -2.33. The van der Waals surface area contributed by atoms with Crippen molar-refractivity contribution >= 4 is 31.1 Å². The second-order valence-corrected chi connectivity index (χ2v) is 15.4. The molecule has 1 fully saturated rings. The van der Waals surface area contributed by atoms with Crippen LogP contribution in [0.4, 0.5) is 5.69 Å². The van der Waals surface area contributed by atoms with E-state index >= 15 is 0 Å². The molecule has 0 bridgehead atoms. The molecule has 0 radical (unpaired) electrons. The van der Waals surface area contributed by atoms with E-state index in [1.807, 2.05) is 48.5 Å². The Labute approximate surface area is 275 Å². The number of carbonyl (C=O) groups is 3. The number of fused-ring (bicyclic) bond motifs is 3. The van der Waals surface area contributed by atoms with Crippen molar-refractivity contribution in [2.75, 3.05) is 17.6 Å². The van der Waals surface area contributed by atoms with E-state index in [-0.39, 0.29) is 12.1 Å². The number of aryl methyl sites for hydroxylation is 5. The third-order valence-electron chi connectivity index (χ3n) is 10.3. The van der Waals surface area contributed by atoms with Crippen LogP contribution in [0.2, 0.25) is 0 Å². The van der Waals surface area contributed by atoms with E-state index in [0.29, 0.717) is 42.9 Å². The average molecular weight is 657 g/mol. The molecule has 4 aliphatic rings. The van der Waals surface area contributed by atoms with Crippen LogP contribution in [0.1, 0.15) is 72.8 Å². The molecule has 3 aliphatic carbocycles. The van der Waals surface area contributed by atoms with E-state index in [2.05, 4.69) is 5.32 Å². The van der Waals surface area contributed by atoms with Gasteiger partial charge in [-0.25, -0.2) is 4.57 Å². The molecule has 2 N–H and O–H groups in total. The van der Waals surface area contributed by atoms with Gasteiger partial charge in [-0.05, 0) is 122 Å². The molecule has 3 aromatic rings. The minimum atomic E-state index is -3.97. The maximum Gasteiger partial charge on any atom is 0.431 e. The summed E-state index contributed by atoms with van der Waals surface area (Å²) in [7, 11) is -3.97. The molecule has 47 heavy (non-hydrogen) atoms. The first-order chi connectivity index (χ1) is 22.7. The summed E-state index contributed by atoms with van der Waals surface area (Å²) in [5.74, 6) is -1.05. The third kappa shape index (κ3) is 6.55. The Morgan fingerprint density at radius 1 is 0.809 bits per heavy atom. The maximum absolute atomic E-state index is 15.0. The summed E-state index contributed by atoms with van der Waals surface area (Å²) in [5, 5.41) is 12.6. The molecule has 246 valence electrons. The monoisotopic (exact) mass is 656 g/mol. The Bertz CT molecular complexity index is 1700. The molecule has 0 saturated heterocycles. The number of carboxylic acid groups (broad SMARTS) is 1. The van der Waals surface area contributed by atoms with Gasteiger partial charge in [-0.1, -0.05) is 43.2 Å². The number of hydrogen-bond donors (Lipinski definition) is 2. The van der Waals surface area contributed by atoms with Crippen LogP contribution in [0, 0.1) is 5.41 Å². The first kappa shape index (κ1) is 31.5. The van der Waals surface area contributed by atoms with Gasteiger partial charge in [-0.3, -0.25) is 19.3 Å². The molecule has 1 heterocycles. The lowest BCUT2D eigenvalue weighted by atomic mass is 9.87. The average Bonchev–Trinajstić information content (AvgIpc) is 3.81. The molecule has 1 saturated carbocycles. The fraction of sp³-hybridized carbons (Fsp3) is 0.432. The van der Waals surface area contributed by atoms with E-state index in [1.54, 1.807) is 12.1 Å². The Kier molecular flexibility index (Phi) is 8.60. The topological polar surface area (TPSA) is 122 Å². The van der Waals surface area contributed by atoms with E-state index < -0.39 is 37.5 Å². The van der Waals surface area contributed by atoms with Gasteiger partial charge in [0, 0.05) is 5.69 Å². The van der Waals surface area contributed by atoms with Crippen molar-refractivity contribution in [1.82, 2.24) is 5.32 Å². The van der Waals surface area contributed by atoms with Crippen LogP contribution in [0.5, 0.6) is 11.5 Å². The fourth-order valence-electron chi connectivity index (χ4n) is 7.95. The highest BCUT2D eigenvalue weighted by Crippen LogP contribution is 2.57. The van der Waals surface area contributed by atoms with E-state index in [4.69, 9.17) is 9.05 Å². The van der Waals surface area contributed by atoms with Crippen molar-refractivity contribution in [3.8, 4) is 11.5 Å². The number of carboxylic acids is 1. The van der Waals surface area contributed by atoms with Crippen LogP contribution in [0.25, 0.3) is 0 Å². The number of para-hydroxylation sites is 1. The zero-order chi connectivity index (χ0) is 32.6. The van der Waals surface area contributed by atoms with Crippen molar-refractivity contribution in [3.63, 3.8) is 0 Å². The highest BCUT2D eigenvalue weighted by Gasteiger charge is 2.50. The fourth-order valence-corrected chi connectivity index (χ4v) is 10.2. The number of nitrogens with zero attached hydrogens (tertiary/aromatic N) is 1. The van der Waals surface area contributed by atoms with Gasteiger partial charge in [0.15, 0.2) is 0 Å². The molecule has 7 rings (SSSR count). The van der Waals surface area contributed by atoms with E-state index in [0.717, 1.165) is 56.9 Å². The predicted molar refractivity (Wildman–Crippen MR) is 178 cm³/mol. The summed E-state index contributed by atoms with van der Waals surface area (Å²) in [4.78, 5) is 41.2. The molecule has 1 atom stereocenters. The van der Waals surface area contributed by atoms with Gasteiger partial charge in [-0.15, -0.1) is 0 Å². The molecule has 3 aromatic carbocycles. The zero-order valence-electron chi connectivity index (χ0n) is 26.5. The summed E-state index contributed by atoms with van der Waals surface area (Å²) in [6.45, 7) is -0.508. The van der Waals surface area contributed by atoms with Gasteiger partial charge in [0.1, 0.15) is 24.1 Å². The van der Waals surface area contributed by atoms with Crippen LogP contribution in [-0.4, -0.2) is 41.6 Å². The maximum atomic E-state index is 15.0. The first-order valence-electron chi connectivity index (χ1n) is 16.8. The number of benzene rings is 3. The van der Waals surface area contributed by atoms with Crippen molar-refractivity contribution in [2.45, 2.75) is 83.1 Å². The minimum absolute atomic E-state index is 0.139. The third-order valence-corrected chi connectivity index (χ3v) is 12.3. The number of aliphatic carboxylic acids is 1. The molecular formula is C37H41N2O7P. The summed E-state index contributed by atoms with van der Waals surface area (Å²) >= 11 is 0. The number of rotatable bonds is 10. The van der Waals surface area contributed by atoms with Crippen LogP contribution in [0.15, 0.2) is 60.7 Å². The SMILES string of the molecule is O=C(O)CN1C(=O)C(NC(=O)C2(CP(=O)(Oc3ccc4c(c3)CCC4)Oc3ccc4c(c3)CCC4)CCCC2)CCc2ccccc21. The highest BCUT2D eigenvalue weighted by molar-refractivity contribution is 7.54. The Hall–Kier alpha value is -4.10. The number of anilines is 1. The summed E-state index contributed by atoms with van der Waals surface area (Å²) in [6, 6.07) is 17.9. The van der Waals surface area contributed by atoms with Crippen molar-refractivity contribution < 1.29 is 33.1 Å². The second-order valence-electron chi connectivity index (χ2n) is 13.5. The molecule has 1 aliphatic heterocycles. The van der Waals surface area contributed by atoms with Gasteiger partial charge < -0.3 is 19.5 Å². The van der Waals surface area contributed by atoms with Crippen LogP contribution < -0.4 is 19.3 Å². The minimum Gasteiger partial charge on any atom is -0.480 e. The smallest absolute Gasteiger partial charge is 0.431 e. The number of hydrogen-bond acceptors (Lipinski definition) is 6. The van der Waals surface area contributed by atoms with Gasteiger partial charge >= 0.3 is 13.6 Å². The first-order valence-corrected chi connectivity index (χ1v) is 18.6. The van der Waals surface area contributed by atoms with Crippen LogP contribution in [-0.2, 0) is 51.1 Å². The number of amides is 2. The molecular weight excluding hydrogens is 615 g/mol. The molecule has 9 nitrogen and oxygen atoms in total. The van der Waals surface area contributed by atoms with Crippen molar-refractivity contribution in [2.24, 2.45) is 5.41 Å². The Morgan fingerprint density at radius 2 is 1.40 bits per heavy atom. The lowest BCUT2D eigenvalue weighted by molar-refractivity contribution is -0.137. The Balaban J connectivity index is 1.17. The summed E-state index contributed by atoms with van der Waals surface area (Å²) < 4.78 is 27.7. The standard InChI is InChI=1S/C37H41N2O7P/c40-34(41)23-39-33-12-2-1-7-27(33)15-18-32(35(39)42)38-36(43)37(19-3-4-20-37)24-47(44,45-30-16-13-25-8-5-10-28(25)21-30)46-31-17-14-26-9-6-11-29(26)22-31/h1-2,7,12-14,16-17,21-22,32H,3-6,8-11,15,18-20,23-24H2,(H,38,43)(H,40,41). The summed E-state index contributed by atoms with van der Waals surface area (Å²) in [5.41, 5.74) is 5.21. The quantitative estimate of drug-likeness (QED) is 0.242. The summed E-state index contributed by atoms with van der Waals surface area (Å²) in [6.07, 6.45) is 9.20. The van der Waals surface area contributed by atoms with Gasteiger partial charge in [0.25, 0.3) is 0 Å². The molecule has 2 amide bonds. The lowest BCUT2D eigenvalue weighted by Crippen LogP contribution is -2.53. The molecule has 0 spiro atoms. The van der Waals surface area contributed by atoms with Gasteiger partial charge in [-0.2, -0.15) is 0 Å². The zero-order valence-corrected chi connectivity index (χ0v) is 27.4. The molecule has 1 unspecified atom stereocenters. The van der Waals surface area contributed by atoms with E-state index in [1.165, 1.54) is 27.2 Å². The molecule has 10 heteroatoms.